The Hall–Kier alpha value is -1.92. The molecule has 0 aliphatic heterocycles. The van der Waals surface area contributed by atoms with Gasteiger partial charge in [-0.2, -0.15) is 4.98 Å². The summed E-state index contributed by atoms with van der Waals surface area (Å²) in [5.74, 6) is -0.187. The van der Waals surface area contributed by atoms with Gasteiger partial charge in [-0.1, -0.05) is 19.3 Å². The van der Waals surface area contributed by atoms with E-state index in [1.165, 1.54) is 0 Å². The highest BCUT2D eigenvalue weighted by atomic mass is 16.4. The Bertz CT molecular complexity index is 492. The molecule has 3 N–H and O–H groups in total. The fraction of sp³-hybridized carbons (Fsp3) is 0.692. The predicted octanol–water partition coefficient (Wildman–Crippen LogP) is 1.87. The monoisotopic (exact) mass is 280 g/mol. The van der Waals surface area contributed by atoms with E-state index in [-0.39, 0.29) is 24.7 Å². The summed E-state index contributed by atoms with van der Waals surface area (Å²) < 4.78 is 0. The lowest BCUT2D eigenvalue weighted by Crippen LogP contribution is -2.32. The van der Waals surface area contributed by atoms with Crippen LogP contribution in [0.3, 0.4) is 0 Å². The number of H-pyrrole nitrogens is 1. The molecule has 7 heteroatoms. The van der Waals surface area contributed by atoms with Gasteiger partial charge in [0.15, 0.2) is 0 Å². The van der Waals surface area contributed by atoms with Gasteiger partial charge >= 0.3 is 5.97 Å². The summed E-state index contributed by atoms with van der Waals surface area (Å²) in [6.45, 7) is 1.75. The van der Waals surface area contributed by atoms with Crippen LogP contribution in [-0.4, -0.2) is 32.2 Å². The van der Waals surface area contributed by atoms with Crippen LogP contribution in [0.5, 0.6) is 0 Å². The lowest BCUT2D eigenvalue weighted by molar-refractivity contribution is -0.140. The number of aromatic amines is 1. The molecule has 0 atom stereocenters. The Morgan fingerprint density at radius 2 is 2.00 bits per heavy atom. The van der Waals surface area contributed by atoms with E-state index in [9.17, 15) is 9.59 Å². The Labute approximate surface area is 117 Å². The zero-order chi connectivity index (χ0) is 14.6. The standard InChI is InChI=1S/C13H20N4O3/c1-9-14-12(17-16-9)15-10(18)7-13(8-11(19)20)5-3-2-4-6-13/h2-8H2,1H3,(H,19,20)(H2,14,15,16,17,18). The number of carbonyl (C=O) groups excluding carboxylic acids is 1. The van der Waals surface area contributed by atoms with Gasteiger partial charge in [-0.15, -0.1) is 5.10 Å². The summed E-state index contributed by atoms with van der Waals surface area (Å²) in [4.78, 5) is 27.1. The van der Waals surface area contributed by atoms with Crippen LogP contribution in [0.1, 0.15) is 50.8 Å². The second-order valence-electron chi connectivity index (χ2n) is 5.60. The zero-order valence-electron chi connectivity index (χ0n) is 11.6. The van der Waals surface area contributed by atoms with Gasteiger partial charge in [-0.05, 0) is 25.2 Å². The van der Waals surface area contributed by atoms with Gasteiger partial charge in [0, 0.05) is 6.42 Å². The molecule has 20 heavy (non-hydrogen) atoms. The minimum absolute atomic E-state index is 0.0490. The number of aromatic nitrogens is 3. The predicted molar refractivity (Wildman–Crippen MR) is 72.1 cm³/mol. The van der Waals surface area contributed by atoms with Crippen molar-refractivity contribution < 1.29 is 14.7 Å². The Morgan fingerprint density at radius 1 is 1.30 bits per heavy atom. The summed E-state index contributed by atoms with van der Waals surface area (Å²) in [7, 11) is 0. The zero-order valence-corrected chi connectivity index (χ0v) is 11.6. The first-order valence-corrected chi connectivity index (χ1v) is 6.90. The third-order valence-corrected chi connectivity index (χ3v) is 3.82. The third kappa shape index (κ3) is 3.79. The smallest absolute Gasteiger partial charge is 0.303 e. The van der Waals surface area contributed by atoms with E-state index in [4.69, 9.17) is 5.11 Å². The molecule has 0 unspecified atom stereocenters. The summed E-state index contributed by atoms with van der Waals surface area (Å²) in [6, 6.07) is 0. The maximum atomic E-state index is 12.1. The SMILES string of the molecule is Cc1nc(NC(=O)CC2(CC(=O)O)CCCCC2)n[nH]1. The van der Waals surface area contributed by atoms with Gasteiger partial charge in [0.2, 0.25) is 11.9 Å². The number of nitrogens with zero attached hydrogens (tertiary/aromatic N) is 2. The lowest BCUT2D eigenvalue weighted by atomic mass is 9.69. The number of aliphatic carboxylic acids is 1. The Morgan fingerprint density at radius 3 is 2.55 bits per heavy atom. The van der Waals surface area contributed by atoms with E-state index in [1.54, 1.807) is 6.92 Å². The normalized spacial score (nSPS) is 17.6. The van der Waals surface area contributed by atoms with Gasteiger partial charge in [0.25, 0.3) is 0 Å². The van der Waals surface area contributed by atoms with Crippen molar-refractivity contribution in [2.45, 2.75) is 51.9 Å². The van der Waals surface area contributed by atoms with E-state index in [0.717, 1.165) is 32.1 Å². The molecule has 110 valence electrons. The maximum Gasteiger partial charge on any atom is 0.303 e. The van der Waals surface area contributed by atoms with Crippen LogP contribution in [0.25, 0.3) is 0 Å². The van der Waals surface area contributed by atoms with E-state index >= 15 is 0 Å². The lowest BCUT2D eigenvalue weighted by Gasteiger charge is -2.35. The topological polar surface area (TPSA) is 108 Å². The molecule has 0 spiro atoms. The number of nitrogens with one attached hydrogen (secondary N) is 2. The van der Waals surface area contributed by atoms with E-state index in [2.05, 4.69) is 20.5 Å². The van der Waals surface area contributed by atoms with Crippen molar-refractivity contribution in [3.63, 3.8) is 0 Å². The molecule has 1 aromatic heterocycles. The molecule has 1 fully saturated rings. The molecule has 0 bridgehead atoms. The average molecular weight is 280 g/mol. The van der Waals surface area contributed by atoms with E-state index in [0.29, 0.717) is 5.82 Å². The molecular formula is C13H20N4O3. The van der Waals surface area contributed by atoms with Crippen LogP contribution in [0.2, 0.25) is 0 Å². The van der Waals surface area contributed by atoms with Crippen LogP contribution >= 0.6 is 0 Å². The Balaban J connectivity index is 1.99. The molecule has 2 rings (SSSR count). The minimum atomic E-state index is -0.839. The largest absolute Gasteiger partial charge is 0.481 e. The molecule has 0 radical (unpaired) electrons. The first-order chi connectivity index (χ1) is 9.49. The number of hydrogen-bond donors (Lipinski definition) is 3. The van der Waals surface area contributed by atoms with Crippen LogP contribution in [0, 0.1) is 12.3 Å². The van der Waals surface area contributed by atoms with Crippen molar-refractivity contribution in [1.82, 2.24) is 15.2 Å². The van der Waals surface area contributed by atoms with Crippen molar-refractivity contribution in [3.8, 4) is 0 Å². The summed E-state index contributed by atoms with van der Waals surface area (Å²) in [5, 5.41) is 18.2. The number of carbonyl (C=O) groups is 2. The van der Waals surface area contributed by atoms with Gasteiger partial charge in [-0.25, -0.2) is 0 Å². The second kappa shape index (κ2) is 6.02. The Kier molecular flexibility index (Phi) is 4.36. The van der Waals surface area contributed by atoms with Gasteiger partial charge < -0.3 is 5.11 Å². The number of hydrogen-bond acceptors (Lipinski definition) is 4. The fourth-order valence-corrected chi connectivity index (χ4v) is 2.95. The number of carboxylic acid groups (broad SMARTS) is 1. The van der Waals surface area contributed by atoms with Crippen molar-refractivity contribution in [1.29, 1.82) is 0 Å². The van der Waals surface area contributed by atoms with Gasteiger partial charge in [0.05, 0.1) is 6.42 Å². The highest BCUT2D eigenvalue weighted by Gasteiger charge is 2.36. The van der Waals surface area contributed by atoms with E-state index < -0.39 is 11.4 Å². The number of amides is 1. The van der Waals surface area contributed by atoms with Gasteiger partial charge in [-0.3, -0.25) is 20.0 Å². The van der Waals surface area contributed by atoms with Crippen LogP contribution < -0.4 is 5.32 Å². The highest BCUT2D eigenvalue weighted by molar-refractivity contribution is 5.89. The van der Waals surface area contributed by atoms with Crippen LogP contribution in [0.4, 0.5) is 5.95 Å². The molecule has 1 aromatic rings. The summed E-state index contributed by atoms with van der Waals surface area (Å²) in [5.41, 5.74) is -0.417. The number of aryl methyl sites for hydroxylation is 1. The van der Waals surface area contributed by atoms with Crippen molar-refractivity contribution >= 4 is 17.8 Å². The van der Waals surface area contributed by atoms with Crippen molar-refractivity contribution in [3.05, 3.63) is 5.82 Å². The average Bonchev–Trinajstić information content (AvgIpc) is 2.74. The second-order valence-corrected chi connectivity index (χ2v) is 5.60. The molecule has 7 nitrogen and oxygen atoms in total. The minimum Gasteiger partial charge on any atom is -0.481 e. The molecule has 1 amide bonds. The molecule has 0 aromatic carbocycles. The molecular weight excluding hydrogens is 260 g/mol. The van der Waals surface area contributed by atoms with E-state index in [1.807, 2.05) is 0 Å². The van der Waals surface area contributed by atoms with Crippen molar-refractivity contribution in [2.75, 3.05) is 5.32 Å². The molecule has 1 saturated carbocycles. The first-order valence-electron chi connectivity index (χ1n) is 6.90. The first kappa shape index (κ1) is 14.5. The number of anilines is 1. The molecule has 1 aliphatic carbocycles. The maximum absolute atomic E-state index is 12.1. The summed E-state index contributed by atoms with van der Waals surface area (Å²) in [6.07, 6.45) is 4.93. The van der Waals surface area contributed by atoms with Gasteiger partial charge in [0.1, 0.15) is 5.82 Å². The van der Waals surface area contributed by atoms with Crippen LogP contribution in [0.15, 0.2) is 0 Å². The number of carboxylic acids is 1. The molecule has 0 saturated heterocycles. The molecule has 1 heterocycles. The van der Waals surface area contributed by atoms with Crippen LogP contribution in [-0.2, 0) is 9.59 Å². The molecule has 1 aliphatic rings. The number of rotatable bonds is 5. The third-order valence-electron chi connectivity index (χ3n) is 3.82. The highest BCUT2D eigenvalue weighted by Crippen LogP contribution is 2.42. The van der Waals surface area contributed by atoms with Crippen molar-refractivity contribution in [2.24, 2.45) is 5.41 Å². The summed E-state index contributed by atoms with van der Waals surface area (Å²) >= 11 is 0. The fourth-order valence-electron chi connectivity index (χ4n) is 2.95. The quantitative estimate of drug-likeness (QED) is 0.763.